The maximum Gasteiger partial charge on any atom is 0.138 e. The van der Waals surface area contributed by atoms with Gasteiger partial charge in [0.1, 0.15) is 5.76 Å². The molecule has 2 rings (SSSR count). The Bertz CT molecular complexity index is 308. The van der Waals surface area contributed by atoms with Gasteiger partial charge in [-0.3, -0.25) is 4.90 Å². The number of aliphatic hydroxyl groups excluding tert-OH is 1. The highest BCUT2D eigenvalue weighted by molar-refractivity contribution is 5.20. The van der Waals surface area contributed by atoms with Crippen LogP contribution in [0.15, 0.2) is 4.52 Å². The first-order valence-electron chi connectivity index (χ1n) is 5.49. The highest BCUT2D eigenvalue weighted by Gasteiger charge is 2.19. The number of aryl methyl sites for hydroxylation is 2. The molecule has 0 bridgehead atoms. The van der Waals surface area contributed by atoms with E-state index in [4.69, 9.17) is 4.52 Å². The Balaban J connectivity index is 1.97. The highest BCUT2D eigenvalue weighted by Crippen LogP contribution is 2.18. The molecule has 4 nitrogen and oxygen atoms in total. The predicted molar refractivity (Wildman–Crippen MR) is 56.5 cm³/mol. The van der Waals surface area contributed by atoms with E-state index in [1.807, 2.05) is 13.8 Å². The molecule has 4 heteroatoms. The highest BCUT2D eigenvalue weighted by atomic mass is 16.5. The van der Waals surface area contributed by atoms with E-state index in [1.165, 1.54) is 5.56 Å². The Morgan fingerprint density at radius 3 is 2.60 bits per heavy atom. The lowest BCUT2D eigenvalue weighted by Gasteiger charge is -2.29. The van der Waals surface area contributed by atoms with Gasteiger partial charge in [0.25, 0.3) is 0 Å². The Morgan fingerprint density at radius 2 is 2.07 bits per heavy atom. The van der Waals surface area contributed by atoms with Crippen molar-refractivity contribution in [3.05, 3.63) is 17.0 Å². The van der Waals surface area contributed by atoms with Crippen LogP contribution in [0.3, 0.4) is 0 Å². The average Bonchev–Trinajstić information content (AvgIpc) is 2.53. The molecule has 0 radical (unpaired) electrons. The summed E-state index contributed by atoms with van der Waals surface area (Å²) in [6, 6.07) is 0. The molecular weight excluding hydrogens is 192 g/mol. The van der Waals surface area contributed by atoms with Gasteiger partial charge in [-0.1, -0.05) is 5.16 Å². The van der Waals surface area contributed by atoms with Crippen LogP contribution in [-0.4, -0.2) is 34.4 Å². The molecule has 0 unspecified atom stereocenters. The van der Waals surface area contributed by atoms with E-state index >= 15 is 0 Å². The largest absolute Gasteiger partial charge is 0.393 e. The number of hydrogen-bond acceptors (Lipinski definition) is 4. The zero-order valence-corrected chi connectivity index (χ0v) is 9.36. The number of likely N-dealkylation sites (tertiary alicyclic amines) is 1. The van der Waals surface area contributed by atoms with Gasteiger partial charge >= 0.3 is 0 Å². The van der Waals surface area contributed by atoms with Crippen molar-refractivity contribution in [3.63, 3.8) is 0 Å². The molecule has 1 saturated heterocycles. The molecule has 84 valence electrons. The van der Waals surface area contributed by atoms with E-state index in [1.54, 1.807) is 0 Å². The molecule has 0 spiro atoms. The number of hydrogen-bond donors (Lipinski definition) is 1. The monoisotopic (exact) mass is 210 g/mol. The van der Waals surface area contributed by atoms with Crippen LogP contribution >= 0.6 is 0 Å². The van der Waals surface area contributed by atoms with Crippen molar-refractivity contribution in [3.8, 4) is 0 Å². The number of aromatic nitrogens is 1. The molecule has 1 aliphatic heterocycles. The second kappa shape index (κ2) is 4.33. The summed E-state index contributed by atoms with van der Waals surface area (Å²) in [5.74, 6) is 0.915. The van der Waals surface area contributed by atoms with Crippen LogP contribution in [0.1, 0.15) is 29.9 Å². The minimum absolute atomic E-state index is 0.106. The summed E-state index contributed by atoms with van der Waals surface area (Å²) in [4.78, 5) is 2.35. The molecule has 0 aliphatic carbocycles. The van der Waals surface area contributed by atoms with E-state index in [-0.39, 0.29) is 6.10 Å². The van der Waals surface area contributed by atoms with Crippen molar-refractivity contribution >= 4 is 0 Å². The summed E-state index contributed by atoms with van der Waals surface area (Å²) < 4.78 is 5.13. The molecular formula is C11H18N2O2. The molecule has 0 aromatic carbocycles. The van der Waals surface area contributed by atoms with Gasteiger partial charge in [0.15, 0.2) is 0 Å². The molecule has 1 aliphatic rings. The number of rotatable bonds is 2. The first kappa shape index (κ1) is 10.6. The van der Waals surface area contributed by atoms with Crippen molar-refractivity contribution in [1.82, 2.24) is 10.1 Å². The number of aliphatic hydroxyl groups is 1. The van der Waals surface area contributed by atoms with Gasteiger partial charge in [-0.25, -0.2) is 0 Å². The summed E-state index contributed by atoms with van der Waals surface area (Å²) in [6.07, 6.45) is 1.65. The van der Waals surface area contributed by atoms with Crippen LogP contribution in [0.5, 0.6) is 0 Å². The van der Waals surface area contributed by atoms with Crippen LogP contribution in [0, 0.1) is 13.8 Å². The quantitative estimate of drug-likeness (QED) is 0.798. The smallest absolute Gasteiger partial charge is 0.138 e. The van der Waals surface area contributed by atoms with Crippen LogP contribution in [0.2, 0.25) is 0 Å². The maximum absolute atomic E-state index is 9.40. The van der Waals surface area contributed by atoms with Gasteiger partial charge in [-0.05, 0) is 26.7 Å². The van der Waals surface area contributed by atoms with E-state index in [2.05, 4.69) is 10.1 Å². The van der Waals surface area contributed by atoms with Crippen LogP contribution in [-0.2, 0) is 6.54 Å². The molecule has 1 aromatic heterocycles. The number of piperidine rings is 1. The molecule has 0 atom stereocenters. The van der Waals surface area contributed by atoms with Gasteiger partial charge in [-0.2, -0.15) is 0 Å². The third-order valence-electron chi connectivity index (χ3n) is 3.12. The van der Waals surface area contributed by atoms with E-state index in [9.17, 15) is 5.11 Å². The fourth-order valence-corrected chi connectivity index (χ4v) is 2.03. The van der Waals surface area contributed by atoms with Gasteiger partial charge in [0.2, 0.25) is 0 Å². The van der Waals surface area contributed by atoms with E-state index < -0.39 is 0 Å². The number of nitrogens with zero attached hydrogens (tertiary/aromatic N) is 2. The summed E-state index contributed by atoms with van der Waals surface area (Å²) in [7, 11) is 0. The maximum atomic E-state index is 9.40. The fourth-order valence-electron chi connectivity index (χ4n) is 2.03. The molecule has 15 heavy (non-hydrogen) atoms. The molecule has 2 heterocycles. The average molecular weight is 210 g/mol. The second-order valence-corrected chi connectivity index (χ2v) is 4.31. The normalized spacial score (nSPS) is 19.7. The van der Waals surface area contributed by atoms with Gasteiger partial charge < -0.3 is 9.63 Å². The second-order valence-electron chi connectivity index (χ2n) is 4.31. The lowest BCUT2D eigenvalue weighted by molar-refractivity contribution is 0.0790. The summed E-state index contributed by atoms with van der Waals surface area (Å²) in [6.45, 7) is 6.75. The summed E-state index contributed by atoms with van der Waals surface area (Å²) >= 11 is 0. The Kier molecular flexibility index (Phi) is 3.07. The molecule has 1 N–H and O–H groups in total. The SMILES string of the molecule is Cc1noc(C)c1CN1CCC(O)CC1. The molecule has 0 amide bonds. The zero-order valence-electron chi connectivity index (χ0n) is 9.36. The molecule has 0 saturated carbocycles. The van der Waals surface area contributed by atoms with Gasteiger partial charge in [-0.15, -0.1) is 0 Å². The molecule has 1 fully saturated rings. The zero-order chi connectivity index (χ0) is 10.8. The van der Waals surface area contributed by atoms with Crippen molar-refractivity contribution in [2.45, 2.75) is 39.3 Å². The van der Waals surface area contributed by atoms with Gasteiger partial charge in [0, 0.05) is 25.2 Å². The van der Waals surface area contributed by atoms with Crippen LogP contribution in [0.4, 0.5) is 0 Å². The Labute approximate surface area is 89.9 Å². The Morgan fingerprint density at radius 1 is 1.40 bits per heavy atom. The van der Waals surface area contributed by atoms with Crippen LogP contribution < -0.4 is 0 Å². The lowest BCUT2D eigenvalue weighted by Crippen LogP contribution is -2.35. The van der Waals surface area contributed by atoms with E-state index in [0.29, 0.717) is 0 Å². The van der Waals surface area contributed by atoms with Gasteiger partial charge in [0.05, 0.1) is 11.8 Å². The summed E-state index contributed by atoms with van der Waals surface area (Å²) in [5.41, 5.74) is 2.19. The van der Waals surface area contributed by atoms with Crippen molar-refractivity contribution in [2.75, 3.05) is 13.1 Å². The first-order valence-corrected chi connectivity index (χ1v) is 5.49. The third-order valence-corrected chi connectivity index (χ3v) is 3.12. The predicted octanol–water partition coefficient (Wildman–Crippen LogP) is 1.25. The van der Waals surface area contributed by atoms with Crippen molar-refractivity contribution in [1.29, 1.82) is 0 Å². The summed E-state index contributed by atoms with van der Waals surface area (Å²) in [5, 5.41) is 13.4. The topological polar surface area (TPSA) is 49.5 Å². The van der Waals surface area contributed by atoms with Crippen molar-refractivity contribution in [2.24, 2.45) is 0 Å². The standard InChI is InChI=1S/C11H18N2O2/c1-8-11(9(2)15-12-8)7-13-5-3-10(14)4-6-13/h10,14H,3-7H2,1-2H3. The Hall–Kier alpha value is -0.870. The minimum atomic E-state index is -0.106. The lowest BCUT2D eigenvalue weighted by atomic mass is 10.1. The molecule has 1 aromatic rings. The van der Waals surface area contributed by atoms with Crippen molar-refractivity contribution < 1.29 is 9.63 Å². The van der Waals surface area contributed by atoms with E-state index in [0.717, 1.165) is 43.9 Å². The first-order chi connectivity index (χ1) is 7.16. The third kappa shape index (κ3) is 2.38. The minimum Gasteiger partial charge on any atom is -0.393 e. The fraction of sp³-hybridized carbons (Fsp3) is 0.727. The van der Waals surface area contributed by atoms with Crippen LogP contribution in [0.25, 0.3) is 0 Å².